The summed E-state index contributed by atoms with van der Waals surface area (Å²) >= 11 is 0. The number of fused-ring (bicyclic) bond motifs is 2. The lowest BCUT2D eigenvalue weighted by molar-refractivity contribution is 0.413. The minimum Gasteiger partial charge on any atom is -0.514 e. The number of benzene rings is 2. The Bertz CT molecular complexity index is 912. The summed E-state index contributed by atoms with van der Waals surface area (Å²) in [5.74, 6) is 1.37. The smallest absolute Gasteiger partial charge is 0.514 e. The second-order valence-electron chi connectivity index (χ2n) is 5.30. The number of hydrogen-bond acceptors (Lipinski definition) is 4. The van der Waals surface area contributed by atoms with Gasteiger partial charge in [-0.1, -0.05) is 24.3 Å². The van der Waals surface area contributed by atoms with Crippen LogP contribution in [-0.2, 0) is 14.1 Å². The van der Waals surface area contributed by atoms with Gasteiger partial charge in [0.25, 0.3) is 0 Å². The standard InChI is InChI=1S/C16H15BN4O2/c1-20-15(11-7-3-5-9-13(11)18-20)22-17-23-16-12-8-4-6-10-14(12)19-21(16)2/h3-10,17H,1-2H3. The molecule has 2 aromatic heterocycles. The van der Waals surface area contributed by atoms with E-state index in [1.54, 1.807) is 9.36 Å². The molecule has 7 heteroatoms. The van der Waals surface area contributed by atoms with E-state index in [0.717, 1.165) is 21.8 Å². The Morgan fingerprint density at radius 2 is 1.17 bits per heavy atom. The fourth-order valence-electron chi connectivity index (χ4n) is 2.73. The van der Waals surface area contributed by atoms with E-state index in [9.17, 15) is 0 Å². The molecule has 0 fully saturated rings. The number of nitrogens with zero attached hydrogens (tertiary/aromatic N) is 4. The van der Waals surface area contributed by atoms with Gasteiger partial charge >= 0.3 is 7.69 Å². The topological polar surface area (TPSA) is 54.1 Å². The molecule has 2 aromatic carbocycles. The molecule has 0 aliphatic carbocycles. The van der Waals surface area contributed by atoms with Crippen molar-refractivity contribution in [2.45, 2.75) is 0 Å². The van der Waals surface area contributed by atoms with Crippen LogP contribution in [0.15, 0.2) is 48.5 Å². The summed E-state index contributed by atoms with van der Waals surface area (Å²) in [6, 6.07) is 15.7. The van der Waals surface area contributed by atoms with Crippen LogP contribution < -0.4 is 9.31 Å². The highest BCUT2D eigenvalue weighted by Crippen LogP contribution is 2.26. The zero-order chi connectivity index (χ0) is 15.8. The summed E-state index contributed by atoms with van der Waals surface area (Å²) < 4.78 is 15.0. The molecular weight excluding hydrogens is 291 g/mol. The van der Waals surface area contributed by atoms with E-state index in [0.29, 0.717) is 11.8 Å². The minimum atomic E-state index is 0.0903. The molecule has 0 N–H and O–H groups in total. The zero-order valence-electron chi connectivity index (χ0n) is 12.9. The van der Waals surface area contributed by atoms with Gasteiger partial charge in [-0.25, -0.2) is 9.36 Å². The first-order valence-corrected chi connectivity index (χ1v) is 7.33. The molecule has 0 amide bonds. The monoisotopic (exact) mass is 306 g/mol. The van der Waals surface area contributed by atoms with Gasteiger partial charge < -0.3 is 9.31 Å². The van der Waals surface area contributed by atoms with E-state index in [1.807, 2.05) is 62.6 Å². The molecule has 0 atom stereocenters. The van der Waals surface area contributed by atoms with E-state index in [-0.39, 0.29) is 7.69 Å². The molecule has 0 saturated carbocycles. The fourth-order valence-corrected chi connectivity index (χ4v) is 2.73. The third-order valence-electron chi connectivity index (χ3n) is 3.76. The molecule has 0 radical (unpaired) electrons. The molecular formula is C16H15BN4O2. The second kappa shape index (κ2) is 5.35. The van der Waals surface area contributed by atoms with Gasteiger partial charge in [-0.15, -0.1) is 0 Å². The van der Waals surface area contributed by atoms with Crippen LogP contribution in [0, 0.1) is 0 Å². The van der Waals surface area contributed by atoms with E-state index >= 15 is 0 Å². The molecule has 114 valence electrons. The summed E-state index contributed by atoms with van der Waals surface area (Å²) in [5.41, 5.74) is 1.80. The van der Waals surface area contributed by atoms with Crippen molar-refractivity contribution in [2.24, 2.45) is 14.1 Å². The van der Waals surface area contributed by atoms with Crippen molar-refractivity contribution in [2.75, 3.05) is 0 Å². The molecule has 0 aliphatic rings. The van der Waals surface area contributed by atoms with Crippen LogP contribution in [0.25, 0.3) is 21.8 Å². The van der Waals surface area contributed by atoms with Crippen LogP contribution in [0.3, 0.4) is 0 Å². The second-order valence-corrected chi connectivity index (χ2v) is 5.30. The Kier molecular flexibility index (Phi) is 3.18. The van der Waals surface area contributed by atoms with Gasteiger partial charge in [0.1, 0.15) is 0 Å². The summed E-state index contributed by atoms with van der Waals surface area (Å²) in [6.45, 7) is 0. The predicted octanol–water partition coefficient (Wildman–Crippen LogP) is 2.18. The average molecular weight is 306 g/mol. The van der Waals surface area contributed by atoms with E-state index < -0.39 is 0 Å². The first kappa shape index (κ1) is 13.7. The summed E-state index contributed by atoms with van der Waals surface area (Å²) in [5, 5.41) is 10.8. The first-order chi connectivity index (χ1) is 11.2. The molecule has 0 bridgehead atoms. The Hall–Kier alpha value is -2.96. The maximum Gasteiger partial charge on any atom is 0.578 e. The molecule has 0 spiro atoms. The van der Waals surface area contributed by atoms with Gasteiger partial charge in [0.15, 0.2) is 0 Å². The molecule has 0 unspecified atom stereocenters. The van der Waals surface area contributed by atoms with E-state index in [2.05, 4.69) is 10.2 Å². The van der Waals surface area contributed by atoms with Crippen LogP contribution >= 0.6 is 0 Å². The maximum atomic E-state index is 5.80. The number of aromatic nitrogens is 4. The van der Waals surface area contributed by atoms with Crippen molar-refractivity contribution >= 4 is 29.5 Å². The Morgan fingerprint density at radius 1 is 0.739 bits per heavy atom. The van der Waals surface area contributed by atoms with Crippen LogP contribution in [0.2, 0.25) is 0 Å². The van der Waals surface area contributed by atoms with Crippen LogP contribution in [-0.4, -0.2) is 27.2 Å². The van der Waals surface area contributed by atoms with E-state index in [1.165, 1.54) is 0 Å². The van der Waals surface area contributed by atoms with Gasteiger partial charge in [-0.05, 0) is 24.3 Å². The van der Waals surface area contributed by atoms with Crippen LogP contribution in [0.1, 0.15) is 0 Å². The first-order valence-electron chi connectivity index (χ1n) is 7.33. The Labute approximate surface area is 133 Å². The van der Waals surface area contributed by atoms with Gasteiger partial charge in [-0.2, -0.15) is 10.2 Å². The van der Waals surface area contributed by atoms with E-state index in [4.69, 9.17) is 9.31 Å². The van der Waals surface area contributed by atoms with Crippen molar-refractivity contribution in [1.82, 2.24) is 19.6 Å². The number of hydrogen-bond donors (Lipinski definition) is 0. The molecule has 6 nitrogen and oxygen atoms in total. The van der Waals surface area contributed by atoms with Gasteiger partial charge in [0, 0.05) is 14.1 Å². The molecule has 4 rings (SSSR count). The molecule has 0 saturated heterocycles. The third kappa shape index (κ3) is 2.30. The number of aryl methyl sites for hydroxylation is 2. The van der Waals surface area contributed by atoms with Crippen LogP contribution in [0.4, 0.5) is 0 Å². The fraction of sp³-hybridized carbons (Fsp3) is 0.125. The quantitative estimate of drug-likeness (QED) is 0.542. The summed E-state index contributed by atoms with van der Waals surface area (Å²) in [6.07, 6.45) is 0. The predicted molar refractivity (Wildman–Crippen MR) is 89.8 cm³/mol. The largest absolute Gasteiger partial charge is 0.578 e. The number of rotatable bonds is 4. The molecule has 23 heavy (non-hydrogen) atoms. The Morgan fingerprint density at radius 3 is 1.65 bits per heavy atom. The lowest BCUT2D eigenvalue weighted by Crippen LogP contribution is -2.15. The summed E-state index contributed by atoms with van der Waals surface area (Å²) in [4.78, 5) is 0. The highest BCUT2D eigenvalue weighted by atomic mass is 16.6. The SMILES string of the molecule is Cn1nc2ccccc2c1OBOc1c2ccccc2nn1C. The van der Waals surface area contributed by atoms with Crippen molar-refractivity contribution in [3.05, 3.63) is 48.5 Å². The highest BCUT2D eigenvalue weighted by Gasteiger charge is 2.13. The average Bonchev–Trinajstić information content (AvgIpc) is 3.04. The highest BCUT2D eigenvalue weighted by molar-refractivity contribution is 6.21. The zero-order valence-corrected chi connectivity index (χ0v) is 12.9. The van der Waals surface area contributed by atoms with Gasteiger partial charge in [0.2, 0.25) is 11.8 Å². The summed E-state index contributed by atoms with van der Waals surface area (Å²) in [7, 11) is 3.80. The molecule has 4 aromatic rings. The lowest BCUT2D eigenvalue weighted by Gasteiger charge is -2.08. The van der Waals surface area contributed by atoms with Crippen LogP contribution in [0.5, 0.6) is 11.8 Å². The normalized spacial score (nSPS) is 11.0. The van der Waals surface area contributed by atoms with Crippen molar-refractivity contribution in [3.63, 3.8) is 0 Å². The third-order valence-corrected chi connectivity index (χ3v) is 3.76. The lowest BCUT2D eigenvalue weighted by atomic mass is 10.2. The molecule has 0 aliphatic heterocycles. The van der Waals surface area contributed by atoms with Crippen molar-refractivity contribution in [1.29, 1.82) is 0 Å². The van der Waals surface area contributed by atoms with Gasteiger partial charge in [0.05, 0.1) is 21.8 Å². The minimum absolute atomic E-state index is 0.0903. The van der Waals surface area contributed by atoms with Gasteiger partial charge in [-0.3, -0.25) is 0 Å². The maximum absolute atomic E-state index is 5.80. The van der Waals surface area contributed by atoms with Crippen molar-refractivity contribution < 1.29 is 9.31 Å². The Balaban J connectivity index is 1.57. The van der Waals surface area contributed by atoms with Crippen molar-refractivity contribution in [3.8, 4) is 11.8 Å². The molecule has 2 heterocycles.